The van der Waals surface area contributed by atoms with Crippen LogP contribution in [0.1, 0.15) is 19.5 Å². The van der Waals surface area contributed by atoms with Gasteiger partial charge in [-0.15, -0.1) is 0 Å². The minimum atomic E-state index is -0.316. The van der Waals surface area contributed by atoms with Crippen molar-refractivity contribution in [1.29, 1.82) is 0 Å². The molecule has 0 fully saturated rings. The van der Waals surface area contributed by atoms with Crippen LogP contribution in [0.25, 0.3) is 0 Å². The molecule has 1 rings (SSSR count). The van der Waals surface area contributed by atoms with Gasteiger partial charge in [0.2, 0.25) is 0 Å². The van der Waals surface area contributed by atoms with E-state index >= 15 is 0 Å². The van der Waals surface area contributed by atoms with Gasteiger partial charge in [0.1, 0.15) is 10.2 Å². The summed E-state index contributed by atoms with van der Waals surface area (Å²) < 4.78 is 6.13. The summed E-state index contributed by atoms with van der Waals surface area (Å²) in [5.41, 5.74) is 0.614. The van der Waals surface area contributed by atoms with Crippen LogP contribution in [0.4, 0.5) is 0 Å². The average molecular weight is 230 g/mol. The van der Waals surface area contributed by atoms with Crippen LogP contribution >= 0.6 is 15.9 Å². The molecule has 66 valence electrons. The van der Waals surface area contributed by atoms with E-state index in [-0.39, 0.29) is 5.60 Å². The van der Waals surface area contributed by atoms with Crippen LogP contribution in [0.3, 0.4) is 0 Å². The molecule has 0 atom stereocenters. The molecule has 1 aromatic rings. The summed E-state index contributed by atoms with van der Waals surface area (Å²) in [6, 6.07) is 5.80. The van der Waals surface area contributed by atoms with Crippen molar-refractivity contribution in [2.45, 2.75) is 19.4 Å². The van der Waals surface area contributed by atoms with Crippen LogP contribution in [0.15, 0.2) is 22.8 Å². The number of hydrogen-bond acceptors (Lipinski definition) is 2. The molecule has 1 aromatic heterocycles. The second kappa shape index (κ2) is 3.54. The highest BCUT2D eigenvalue weighted by atomic mass is 79.9. The lowest BCUT2D eigenvalue weighted by Crippen LogP contribution is -2.20. The molecule has 0 saturated heterocycles. The first-order valence-corrected chi connectivity index (χ1v) is 4.54. The van der Waals surface area contributed by atoms with Gasteiger partial charge in [0, 0.05) is 7.11 Å². The Hall–Kier alpha value is -0.410. The van der Waals surface area contributed by atoms with Crippen molar-refractivity contribution in [3.8, 4) is 0 Å². The Kier molecular flexibility index (Phi) is 2.85. The number of pyridine rings is 1. The molecule has 3 heteroatoms. The van der Waals surface area contributed by atoms with Crippen LogP contribution in [-0.4, -0.2) is 12.1 Å². The molecule has 0 unspecified atom stereocenters. The summed E-state index contributed by atoms with van der Waals surface area (Å²) in [6.45, 7) is 3.98. The standard InChI is InChI=1S/C9H12BrNO/c1-9(2,12-3)7-5-4-6-8(10)11-7/h4-6H,1-3H3. The number of methoxy groups -OCH3 is 1. The molecule has 0 bridgehead atoms. The van der Waals surface area contributed by atoms with Crippen LogP contribution in [0, 0.1) is 0 Å². The number of hydrogen-bond donors (Lipinski definition) is 0. The van der Waals surface area contributed by atoms with E-state index in [2.05, 4.69) is 20.9 Å². The second-order valence-corrected chi connectivity index (χ2v) is 3.87. The first-order chi connectivity index (χ1) is 5.56. The Labute approximate surface area is 81.1 Å². The quantitative estimate of drug-likeness (QED) is 0.728. The molecular formula is C9H12BrNO. The third-order valence-corrected chi connectivity index (χ3v) is 2.28. The van der Waals surface area contributed by atoms with Crippen LogP contribution in [0.5, 0.6) is 0 Å². The maximum atomic E-state index is 5.30. The van der Waals surface area contributed by atoms with E-state index < -0.39 is 0 Å². The molecule has 0 aromatic carbocycles. The lowest BCUT2D eigenvalue weighted by molar-refractivity contribution is 0.0154. The third-order valence-electron chi connectivity index (χ3n) is 1.84. The maximum Gasteiger partial charge on any atom is 0.106 e. The maximum absolute atomic E-state index is 5.30. The highest BCUT2D eigenvalue weighted by Crippen LogP contribution is 2.22. The summed E-state index contributed by atoms with van der Waals surface area (Å²) in [5, 5.41) is 0. The molecule has 0 aliphatic carbocycles. The molecule has 0 aliphatic heterocycles. The third kappa shape index (κ3) is 2.05. The SMILES string of the molecule is COC(C)(C)c1cccc(Br)n1. The van der Waals surface area contributed by atoms with Crippen molar-refractivity contribution in [3.63, 3.8) is 0 Å². The topological polar surface area (TPSA) is 22.1 Å². The van der Waals surface area contributed by atoms with Crippen molar-refractivity contribution < 1.29 is 4.74 Å². The molecule has 12 heavy (non-hydrogen) atoms. The zero-order valence-corrected chi connectivity index (χ0v) is 9.05. The molecule has 0 spiro atoms. The highest BCUT2D eigenvalue weighted by molar-refractivity contribution is 9.10. The lowest BCUT2D eigenvalue weighted by Gasteiger charge is -2.21. The van der Waals surface area contributed by atoms with Gasteiger partial charge in [-0.25, -0.2) is 4.98 Å². The smallest absolute Gasteiger partial charge is 0.106 e. The van der Waals surface area contributed by atoms with Gasteiger partial charge in [-0.2, -0.15) is 0 Å². The van der Waals surface area contributed by atoms with Crippen LogP contribution in [-0.2, 0) is 10.3 Å². The zero-order chi connectivity index (χ0) is 9.19. The molecule has 0 saturated carbocycles. The fraction of sp³-hybridized carbons (Fsp3) is 0.444. The van der Waals surface area contributed by atoms with Gasteiger partial charge in [0.25, 0.3) is 0 Å². The normalized spacial score (nSPS) is 11.7. The van der Waals surface area contributed by atoms with Crippen molar-refractivity contribution >= 4 is 15.9 Å². The van der Waals surface area contributed by atoms with Crippen molar-refractivity contribution in [3.05, 3.63) is 28.5 Å². The molecular weight excluding hydrogens is 218 g/mol. The number of rotatable bonds is 2. The minimum Gasteiger partial charge on any atom is -0.373 e. The number of aromatic nitrogens is 1. The highest BCUT2D eigenvalue weighted by Gasteiger charge is 2.20. The second-order valence-electron chi connectivity index (χ2n) is 3.06. The van der Waals surface area contributed by atoms with Crippen LogP contribution in [0.2, 0.25) is 0 Å². The van der Waals surface area contributed by atoms with Gasteiger partial charge in [-0.05, 0) is 41.9 Å². The average Bonchev–Trinajstić information content (AvgIpc) is 2.05. The van der Waals surface area contributed by atoms with Gasteiger partial charge in [-0.3, -0.25) is 0 Å². The van der Waals surface area contributed by atoms with Gasteiger partial charge < -0.3 is 4.74 Å². The monoisotopic (exact) mass is 229 g/mol. The van der Waals surface area contributed by atoms with Crippen molar-refractivity contribution in [2.75, 3.05) is 7.11 Å². The predicted octanol–water partition coefficient (Wildman–Crippen LogP) is 2.73. The summed E-state index contributed by atoms with van der Waals surface area (Å²) >= 11 is 3.32. The zero-order valence-electron chi connectivity index (χ0n) is 7.47. The first-order valence-electron chi connectivity index (χ1n) is 3.74. The van der Waals surface area contributed by atoms with E-state index in [0.29, 0.717) is 0 Å². The van der Waals surface area contributed by atoms with Gasteiger partial charge in [0.15, 0.2) is 0 Å². The van der Waals surface area contributed by atoms with Gasteiger partial charge in [0.05, 0.1) is 5.69 Å². The lowest BCUT2D eigenvalue weighted by atomic mass is 10.0. The first kappa shape index (κ1) is 9.68. The van der Waals surface area contributed by atoms with E-state index in [1.165, 1.54) is 0 Å². The van der Waals surface area contributed by atoms with E-state index in [1.54, 1.807) is 7.11 Å². The Morgan fingerprint density at radius 3 is 2.58 bits per heavy atom. The minimum absolute atomic E-state index is 0.316. The summed E-state index contributed by atoms with van der Waals surface area (Å²) in [4.78, 5) is 4.31. The fourth-order valence-electron chi connectivity index (χ4n) is 0.848. The summed E-state index contributed by atoms with van der Waals surface area (Å²) in [5.74, 6) is 0. The van der Waals surface area contributed by atoms with E-state index in [4.69, 9.17) is 4.74 Å². The number of nitrogens with zero attached hydrogens (tertiary/aromatic N) is 1. The Morgan fingerprint density at radius 1 is 1.42 bits per heavy atom. The molecule has 2 nitrogen and oxygen atoms in total. The number of halogens is 1. The van der Waals surface area contributed by atoms with Crippen molar-refractivity contribution in [1.82, 2.24) is 4.98 Å². The molecule has 0 aliphatic rings. The fourth-order valence-corrected chi connectivity index (χ4v) is 1.19. The van der Waals surface area contributed by atoms with Gasteiger partial charge in [-0.1, -0.05) is 6.07 Å². The summed E-state index contributed by atoms with van der Waals surface area (Å²) in [6.07, 6.45) is 0. The molecule has 0 radical (unpaired) electrons. The molecule has 1 heterocycles. The Bertz CT molecular complexity index is 273. The molecule has 0 amide bonds. The van der Waals surface area contributed by atoms with E-state index in [9.17, 15) is 0 Å². The largest absolute Gasteiger partial charge is 0.373 e. The Balaban J connectivity index is 3.03. The van der Waals surface area contributed by atoms with Crippen molar-refractivity contribution in [2.24, 2.45) is 0 Å². The molecule has 0 N–H and O–H groups in total. The van der Waals surface area contributed by atoms with E-state index in [1.807, 2.05) is 32.0 Å². The Morgan fingerprint density at radius 2 is 2.08 bits per heavy atom. The number of ether oxygens (including phenoxy) is 1. The predicted molar refractivity (Wildman–Crippen MR) is 52.0 cm³/mol. The van der Waals surface area contributed by atoms with E-state index in [0.717, 1.165) is 10.3 Å². The van der Waals surface area contributed by atoms with Crippen LogP contribution < -0.4 is 0 Å². The van der Waals surface area contributed by atoms with Gasteiger partial charge >= 0.3 is 0 Å². The summed E-state index contributed by atoms with van der Waals surface area (Å²) in [7, 11) is 1.68.